The van der Waals surface area contributed by atoms with Crippen LogP contribution >= 0.6 is 0 Å². The van der Waals surface area contributed by atoms with Crippen molar-refractivity contribution in [2.45, 2.75) is 39.0 Å². The molecule has 0 saturated carbocycles. The molecule has 132 valence electrons. The number of rotatable bonds is 6. The molecule has 1 aromatic heterocycles. The lowest BCUT2D eigenvalue weighted by atomic mass is 9.99. The van der Waals surface area contributed by atoms with E-state index in [4.69, 9.17) is 0 Å². The van der Waals surface area contributed by atoms with Crippen LogP contribution in [0, 0.1) is 5.92 Å². The maximum atomic E-state index is 12.2. The average Bonchev–Trinajstić information content (AvgIpc) is 3.15. The maximum absolute atomic E-state index is 12.2. The van der Waals surface area contributed by atoms with Gasteiger partial charge in [-0.1, -0.05) is 6.92 Å². The van der Waals surface area contributed by atoms with Gasteiger partial charge in [-0.25, -0.2) is 9.97 Å². The first-order valence-corrected chi connectivity index (χ1v) is 9.30. The predicted molar refractivity (Wildman–Crippen MR) is 95.3 cm³/mol. The Hall–Kier alpha value is -1.69. The van der Waals surface area contributed by atoms with Crippen LogP contribution in [0.1, 0.15) is 49.4 Å². The number of nitrogens with zero attached hydrogens (tertiary/aromatic N) is 4. The van der Waals surface area contributed by atoms with E-state index in [-0.39, 0.29) is 5.91 Å². The Morgan fingerprint density at radius 2 is 1.83 bits per heavy atom. The van der Waals surface area contributed by atoms with Crippen molar-refractivity contribution < 1.29 is 4.79 Å². The molecule has 3 rings (SSSR count). The van der Waals surface area contributed by atoms with Crippen LogP contribution in [0.3, 0.4) is 0 Å². The zero-order valence-electron chi connectivity index (χ0n) is 14.7. The van der Waals surface area contributed by atoms with Crippen LogP contribution in [0.4, 0.5) is 5.95 Å². The average molecular weight is 331 g/mol. The lowest BCUT2D eigenvalue weighted by molar-refractivity contribution is 0.0950. The molecule has 1 aromatic rings. The van der Waals surface area contributed by atoms with Gasteiger partial charge in [-0.2, -0.15) is 0 Å². The molecule has 6 nitrogen and oxygen atoms in total. The Labute approximate surface area is 144 Å². The van der Waals surface area contributed by atoms with Crippen molar-refractivity contribution in [1.82, 2.24) is 20.2 Å². The number of aromatic nitrogens is 2. The fourth-order valence-electron chi connectivity index (χ4n) is 3.41. The molecule has 3 heterocycles. The van der Waals surface area contributed by atoms with Gasteiger partial charge < -0.3 is 15.1 Å². The zero-order valence-corrected chi connectivity index (χ0v) is 14.7. The Morgan fingerprint density at radius 1 is 1.17 bits per heavy atom. The number of carbonyl (C=O) groups is 1. The number of hydrogen-bond acceptors (Lipinski definition) is 5. The van der Waals surface area contributed by atoms with Crippen LogP contribution in [-0.4, -0.2) is 60.0 Å². The number of anilines is 1. The zero-order chi connectivity index (χ0) is 16.8. The van der Waals surface area contributed by atoms with Crippen LogP contribution in [0.2, 0.25) is 0 Å². The number of hydrogen-bond donors (Lipinski definition) is 1. The van der Waals surface area contributed by atoms with Crippen molar-refractivity contribution in [3.05, 3.63) is 18.0 Å². The molecule has 0 spiro atoms. The summed E-state index contributed by atoms with van der Waals surface area (Å²) < 4.78 is 0. The summed E-state index contributed by atoms with van der Waals surface area (Å²) in [5.41, 5.74) is 0.546. The largest absolute Gasteiger partial charge is 0.352 e. The monoisotopic (exact) mass is 331 g/mol. The van der Waals surface area contributed by atoms with Gasteiger partial charge in [0.15, 0.2) is 0 Å². The summed E-state index contributed by atoms with van der Waals surface area (Å²) in [6.07, 6.45) is 9.26. The third-order valence-electron chi connectivity index (χ3n) is 5.10. The molecule has 1 amide bonds. The van der Waals surface area contributed by atoms with E-state index in [1.165, 1.54) is 38.8 Å². The number of likely N-dealkylation sites (tertiary alicyclic amines) is 1. The van der Waals surface area contributed by atoms with Gasteiger partial charge in [-0.3, -0.25) is 4.79 Å². The van der Waals surface area contributed by atoms with E-state index in [9.17, 15) is 4.79 Å². The summed E-state index contributed by atoms with van der Waals surface area (Å²) in [5.74, 6) is 1.53. The van der Waals surface area contributed by atoms with Gasteiger partial charge in [0.25, 0.3) is 5.91 Å². The fourth-order valence-corrected chi connectivity index (χ4v) is 3.41. The highest BCUT2D eigenvalue weighted by Crippen LogP contribution is 2.16. The lowest BCUT2D eigenvalue weighted by Gasteiger charge is -2.30. The molecule has 0 bridgehead atoms. The van der Waals surface area contributed by atoms with Gasteiger partial charge in [-0.05, 0) is 57.7 Å². The van der Waals surface area contributed by atoms with Gasteiger partial charge in [0.2, 0.25) is 5.95 Å². The summed E-state index contributed by atoms with van der Waals surface area (Å²) in [4.78, 5) is 25.5. The highest BCUT2D eigenvalue weighted by molar-refractivity contribution is 5.93. The van der Waals surface area contributed by atoms with Crippen LogP contribution in [0.5, 0.6) is 0 Å². The van der Waals surface area contributed by atoms with Crippen molar-refractivity contribution in [2.75, 3.05) is 44.2 Å². The second-order valence-electron chi connectivity index (χ2n) is 7.10. The van der Waals surface area contributed by atoms with Gasteiger partial charge >= 0.3 is 0 Å². The van der Waals surface area contributed by atoms with E-state index in [1.54, 1.807) is 12.4 Å². The summed E-state index contributed by atoms with van der Waals surface area (Å²) in [5, 5.41) is 2.98. The Balaban J connectivity index is 1.37. The topological polar surface area (TPSA) is 61.4 Å². The SMILES string of the molecule is CC1CCN(CCCNC(=O)c2cnc(N3CCCC3)nc2)CC1. The van der Waals surface area contributed by atoms with E-state index < -0.39 is 0 Å². The Bertz CT molecular complexity index is 519. The lowest BCUT2D eigenvalue weighted by Crippen LogP contribution is -2.35. The molecule has 0 aliphatic carbocycles. The van der Waals surface area contributed by atoms with Gasteiger partial charge in [-0.15, -0.1) is 0 Å². The molecule has 2 fully saturated rings. The predicted octanol–water partition coefficient (Wildman–Crippen LogP) is 1.93. The van der Waals surface area contributed by atoms with E-state index in [2.05, 4.69) is 32.0 Å². The van der Waals surface area contributed by atoms with Gasteiger partial charge in [0.05, 0.1) is 5.56 Å². The van der Waals surface area contributed by atoms with Gasteiger partial charge in [0, 0.05) is 32.0 Å². The molecule has 2 saturated heterocycles. The van der Waals surface area contributed by atoms with E-state index >= 15 is 0 Å². The minimum absolute atomic E-state index is 0.0739. The second-order valence-corrected chi connectivity index (χ2v) is 7.10. The number of nitrogens with one attached hydrogen (secondary N) is 1. The van der Waals surface area contributed by atoms with Gasteiger partial charge in [0.1, 0.15) is 0 Å². The first kappa shape index (κ1) is 17.1. The maximum Gasteiger partial charge on any atom is 0.254 e. The summed E-state index contributed by atoms with van der Waals surface area (Å²) in [6.45, 7) is 8.52. The van der Waals surface area contributed by atoms with E-state index in [1.807, 2.05) is 0 Å². The second kappa shape index (κ2) is 8.42. The first-order chi connectivity index (χ1) is 11.7. The normalized spacial score (nSPS) is 19.6. The third kappa shape index (κ3) is 4.66. The highest BCUT2D eigenvalue weighted by atomic mass is 16.1. The van der Waals surface area contributed by atoms with Crippen molar-refractivity contribution >= 4 is 11.9 Å². The van der Waals surface area contributed by atoms with E-state index in [0.717, 1.165) is 37.9 Å². The first-order valence-electron chi connectivity index (χ1n) is 9.30. The van der Waals surface area contributed by atoms with Crippen molar-refractivity contribution in [1.29, 1.82) is 0 Å². The summed E-state index contributed by atoms with van der Waals surface area (Å²) in [6, 6.07) is 0. The van der Waals surface area contributed by atoms with Crippen LogP contribution in [-0.2, 0) is 0 Å². The molecule has 2 aliphatic heterocycles. The molecular weight excluding hydrogens is 302 g/mol. The number of amides is 1. The molecule has 0 atom stereocenters. The number of piperidine rings is 1. The molecule has 1 N–H and O–H groups in total. The van der Waals surface area contributed by atoms with Crippen molar-refractivity contribution in [3.8, 4) is 0 Å². The molecular formula is C18H29N5O. The minimum atomic E-state index is -0.0739. The molecule has 2 aliphatic rings. The Morgan fingerprint density at radius 3 is 2.50 bits per heavy atom. The standard InChI is InChI=1S/C18H29N5O/c1-15-5-11-22(12-6-15)8-4-7-19-17(24)16-13-20-18(21-14-16)23-9-2-3-10-23/h13-15H,2-12H2,1H3,(H,19,24). The molecule has 0 unspecified atom stereocenters. The van der Waals surface area contributed by atoms with Crippen molar-refractivity contribution in [2.24, 2.45) is 5.92 Å². The molecule has 24 heavy (non-hydrogen) atoms. The number of carbonyl (C=O) groups excluding carboxylic acids is 1. The molecule has 6 heteroatoms. The van der Waals surface area contributed by atoms with Crippen LogP contribution in [0.15, 0.2) is 12.4 Å². The van der Waals surface area contributed by atoms with E-state index in [0.29, 0.717) is 12.1 Å². The highest BCUT2D eigenvalue weighted by Gasteiger charge is 2.16. The fraction of sp³-hybridized carbons (Fsp3) is 0.722. The Kier molecular flexibility index (Phi) is 6.01. The smallest absolute Gasteiger partial charge is 0.254 e. The summed E-state index contributed by atoms with van der Waals surface area (Å²) in [7, 11) is 0. The molecule has 0 aromatic carbocycles. The van der Waals surface area contributed by atoms with Crippen molar-refractivity contribution in [3.63, 3.8) is 0 Å². The molecule has 0 radical (unpaired) electrons. The summed E-state index contributed by atoms with van der Waals surface area (Å²) >= 11 is 0. The van der Waals surface area contributed by atoms with Crippen LogP contribution < -0.4 is 10.2 Å². The minimum Gasteiger partial charge on any atom is -0.352 e. The third-order valence-corrected chi connectivity index (χ3v) is 5.10. The quantitative estimate of drug-likeness (QED) is 0.807. The van der Waals surface area contributed by atoms with Crippen LogP contribution in [0.25, 0.3) is 0 Å².